The van der Waals surface area contributed by atoms with E-state index in [4.69, 9.17) is 5.73 Å². The van der Waals surface area contributed by atoms with Crippen molar-refractivity contribution in [3.63, 3.8) is 0 Å². The number of Topliss-reactive ketones (excluding diaryl/α,β-unsaturated/α-hetero) is 1. The van der Waals surface area contributed by atoms with Gasteiger partial charge in [-0.2, -0.15) is 0 Å². The fourth-order valence-electron chi connectivity index (χ4n) is 2.58. The Morgan fingerprint density at radius 2 is 2.07 bits per heavy atom. The Balaban J connectivity index is 2.31. The molecule has 3 N–H and O–H groups in total. The second kappa shape index (κ2) is 9.47. The van der Waals surface area contributed by atoms with Crippen LogP contribution in [0.15, 0.2) is 59.9 Å². The fraction of sp³-hybridized carbons (Fsp3) is 0.300. The summed E-state index contributed by atoms with van der Waals surface area (Å²) in [6, 6.07) is 1.67. The molecular weight excluding hydrogens is 340 g/mol. The van der Waals surface area contributed by atoms with Crippen LogP contribution in [-0.4, -0.2) is 25.3 Å². The van der Waals surface area contributed by atoms with E-state index in [2.05, 4.69) is 20.3 Å². The molecule has 2 heterocycles. The zero-order valence-electron chi connectivity index (χ0n) is 16.2. The number of anilines is 2. The number of nitrogens with one attached hydrogen (secondary N) is 1. The molecule has 0 spiro atoms. The van der Waals surface area contributed by atoms with E-state index < -0.39 is 0 Å². The topological polar surface area (TPSA) is 98.7 Å². The molecule has 0 fully saturated rings. The minimum absolute atomic E-state index is 0.129. The fourth-order valence-corrected chi connectivity index (χ4v) is 2.58. The zero-order valence-corrected chi connectivity index (χ0v) is 16.2. The van der Waals surface area contributed by atoms with E-state index in [0.717, 1.165) is 23.3 Å². The lowest BCUT2D eigenvalue weighted by Gasteiger charge is -2.13. The van der Waals surface area contributed by atoms with Gasteiger partial charge in [0.2, 0.25) is 5.95 Å². The van der Waals surface area contributed by atoms with E-state index in [-0.39, 0.29) is 5.78 Å². The predicted molar refractivity (Wildman–Crippen MR) is 108 cm³/mol. The zero-order chi connectivity index (χ0) is 19.8. The van der Waals surface area contributed by atoms with Crippen molar-refractivity contribution in [2.45, 2.75) is 40.5 Å². The molecule has 0 aliphatic rings. The number of hydrogen-bond donors (Lipinski definition) is 2. The van der Waals surface area contributed by atoms with Crippen LogP contribution in [0.4, 0.5) is 11.8 Å². The molecule has 0 atom stereocenters. The molecule has 0 aliphatic heterocycles. The van der Waals surface area contributed by atoms with Gasteiger partial charge >= 0.3 is 0 Å². The standard InChI is InChI=1S/C20H26N6O/c1-5-8-15(17(27)7-3)11-14(4)16(6-2)25-20-22-9-10-26(20)19-12-18(21)23-13-24-19/h6,8-13H,5,7H2,1-4H3,(H,22,25)(H2,21,23,24)/b14-11-,15-8+,16-6+. The molecule has 27 heavy (non-hydrogen) atoms. The predicted octanol–water partition coefficient (Wildman–Crippen LogP) is 3.82. The number of nitrogens with two attached hydrogens (primary N) is 1. The Labute approximate surface area is 159 Å². The van der Waals surface area contributed by atoms with Gasteiger partial charge in [0.05, 0.1) is 0 Å². The first-order chi connectivity index (χ1) is 13.0. The molecule has 0 aliphatic carbocycles. The first-order valence-corrected chi connectivity index (χ1v) is 8.96. The van der Waals surface area contributed by atoms with Crippen molar-refractivity contribution in [2.75, 3.05) is 11.1 Å². The molecule has 7 nitrogen and oxygen atoms in total. The molecular formula is C20H26N6O. The lowest BCUT2D eigenvalue weighted by atomic mass is 10.0. The van der Waals surface area contributed by atoms with Gasteiger partial charge in [-0.25, -0.2) is 15.0 Å². The molecule has 0 bridgehead atoms. The van der Waals surface area contributed by atoms with Crippen LogP contribution in [0, 0.1) is 0 Å². The average molecular weight is 366 g/mol. The molecule has 2 rings (SSSR count). The number of allylic oxidation sites excluding steroid dienone is 5. The minimum Gasteiger partial charge on any atom is -0.384 e. The van der Waals surface area contributed by atoms with Crippen molar-refractivity contribution < 1.29 is 4.79 Å². The van der Waals surface area contributed by atoms with Gasteiger partial charge in [-0.3, -0.25) is 9.36 Å². The highest BCUT2D eigenvalue weighted by molar-refractivity contribution is 5.98. The minimum atomic E-state index is 0.129. The maximum atomic E-state index is 12.1. The Morgan fingerprint density at radius 1 is 1.30 bits per heavy atom. The Bertz CT molecular complexity index is 891. The van der Waals surface area contributed by atoms with Gasteiger partial charge in [-0.15, -0.1) is 0 Å². The van der Waals surface area contributed by atoms with E-state index in [9.17, 15) is 4.79 Å². The third-order valence-electron chi connectivity index (χ3n) is 3.96. The smallest absolute Gasteiger partial charge is 0.213 e. The largest absolute Gasteiger partial charge is 0.384 e. The quantitative estimate of drug-likeness (QED) is 0.544. The number of hydrogen-bond acceptors (Lipinski definition) is 6. The summed E-state index contributed by atoms with van der Waals surface area (Å²) in [6.45, 7) is 7.78. The monoisotopic (exact) mass is 366 g/mol. The summed E-state index contributed by atoms with van der Waals surface area (Å²) in [6.07, 6.45) is 12.0. The third kappa shape index (κ3) is 5.13. The van der Waals surface area contributed by atoms with Crippen molar-refractivity contribution in [2.24, 2.45) is 0 Å². The molecule has 0 amide bonds. The van der Waals surface area contributed by atoms with E-state index in [0.29, 0.717) is 24.0 Å². The van der Waals surface area contributed by atoms with Crippen molar-refractivity contribution in [1.29, 1.82) is 0 Å². The van der Waals surface area contributed by atoms with Crippen molar-refractivity contribution >= 4 is 17.5 Å². The number of rotatable bonds is 8. The number of carbonyl (C=O) groups excluding carboxylic acids is 1. The van der Waals surface area contributed by atoms with Gasteiger partial charge in [0.25, 0.3) is 0 Å². The highest BCUT2D eigenvalue weighted by Gasteiger charge is 2.11. The third-order valence-corrected chi connectivity index (χ3v) is 3.96. The molecule has 7 heteroatoms. The van der Waals surface area contributed by atoms with Crippen LogP contribution in [0.2, 0.25) is 0 Å². The van der Waals surface area contributed by atoms with Crippen LogP contribution in [-0.2, 0) is 4.79 Å². The van der Waals surface area contributed by atoms with Crippen LogP contribution in [0.25, 0.3) is 5.82 Å². The van der Waals surface area contributed by atoms with Crippen LogP contribution in [0.5, 0.6) is 0 Å². The average Bonchev–Trinajstić information content (AvgIpc) is 3.13. The number of ketones is 1. The van der Waals surface area contributed by atoms with Gasteiger partial charge in [-0.05, 0) is 31.9 Å². The Kier molecular flexibility index (Phi) is 7.05. The molecule has 0 aromatic carbocycles. The first kappa shape index (κ1) is 20.1. The normalized spacial score (nSPS) is 13.0. The Hall–Kier alpha value is -3.22. The van der Waals surface area contributed by atoms with Crippen LogP contribution in [0.1, 0.15) is 40.5 Å². The summed E-state index contributed by atoms with van der Waals surface area (Å²) >= 11 is 0. The van der Waals surface area contributed by atoms with Crippen LogP contribution in [0.3, 0.4) is 0 Å². The number of nitrogens with zero attached hydrogens (tertiary/aromatic N) is 4. The second-order valence-corrected chi connectivity index (χ2v) is 5.92. The number of carbonyl (C=O) groups is 1. The van der Waals surface area contributed by atoms with Gasteiger partial charge in [0.15, 0.2) is 5.78 Å². The summed E-state index contributed by atoms with van der Waals surface area (Å²) < 4.78 is 1.79. The van der Waals surface area contributed by atoms with E-state index in [1.807, 2.05) is 45.9 Å². The van der Waals surface area contributed by atoms with Gasteiger partial charge in [0.1, 0.15) is 18.0 Å². The van der Waals surface area contributed by atoms with Gasteiger partial charge < -0.3 is 11.1 Å². The lowest BCUT2D eigenvalue weighted by Crippen LogP contribution is -2.09. The van der Waals surface area contributed by atoms with Gasteiger partial charge in [0, 0.05) is 36.2 Å². The molecule has 0 radical (unpaired) electrons. The summed E-state index contributed by atoms with van der Waals surface area (Å²) in [5, 5.41) is 3.30. The van der Waals surface area contributed by atoms with Crippen molar-refractivity contribution in [3.8, 4) is 5.82 Å². The maximum absolute atomic E-state index is 12.1. The van der Waals surface area contributed by atoms with Crippen molar-refractivity contribution in [3.05, 3.63) is 59.9 Å². The molecule has 0 unspecified atom stereocenters. The number of nitrogen functional groups attached to an aromatic ring is 1. The molecule has 2 aromatic heterocycles. The summed E-state index contributed by atoms with van der Waals surface area (Å²) in [7, 11) is 0. The SMILES string of the molecule is C\C=C(Nc1nccn1-c1cc(N)ncn1)/C(C)=C\C(=C/CC)C(=O)CC. The van der Waals surface area contributed by atoms with Gasteiger partial charge in [-0.1, -0.05) is 26.0 Å². The maximum Gasteiger partial charge on any atom is 0.213 e. The van der Waals surface area contributed by atoms with Crippen molar-refractivity contribution in [1.82, 2.24) is 19.5 Å². The first-order valence-electron chi connectivity index (χ1n) is 8.96. The summed E-state index contributed by atoms with van der Waals surface area (Å²) in [4.78, 5) is 24.6. The summed E-state index contributed by atoms with van der Waals surface area (Å²) in [5.41, 5.74) is 8.28. The molecule has 2 aromatic rings. The van der Waals surface area contributed by atoms with E-state index in [1.165, 1.54) is 6.33 Å². The molecule has 142 valence electrons. The number of imidazole rings is 1. The van der Waals surface area contributed by atoms with Crippen LogP contribution < -0.4 is 11.1 Å². The lowest BCUT2D eigenvalue weighted by molar-refractivity contribution is -0.115. The summed E-state index contributed by atoms with van der Waals surface area (Å²) in [5.74, 6) is 1.73. The highest BCUT2D eigenvalue weighted by atomic mass is 16.1. The highest BCUT2D eigenvalue weighted by Crippen LogP contribution is 2.19. The molecule has 0 saturated carbocycles. The van der Waals surface area contributed by atoms with E-state index >= 15 is 0 Å². The second-order valence-electron chi connectivity index (χ2n) is 5.92. The Morgan fingerprint density at radius 3 is 2.70 bits per heavy atom. The molecule has 0 saturated heterocycles. The van der Waals surface area contributed by atoms with Crippen LogP contribution >= 0.6 is 0 Å². The number of aromatic nitrogens is 4. The van der Waals surface area contributed by atoms with E-state index in [1.54, 1.807) is 23.0 Å².